The lowest BCUT2D eigenvalue weighted by Gasteiger charge is -2.14. The fraction of sp³-hybridized carbons (Fsp3) is 0.250. The molecule has 0 radical (unpaired) electrons. The van der Waals surface area contributed by atoms with E-state index in [-0.39, 0.29) is 0 Å². The first kappa shape index (κ1) is 10.3. The number of hydrogen-bond acceptors (Lipinski definition) is 2. The van der Waals surface area contributed by atoms with Gasteiger partial charge in [0.25, 0.3) is 0 Å². The van der Waals surface area contributed by atoms with Crippen LogP contribution in [0.15, 0.2) is 24.3 Å². The third-order valence-electron chi connectivity index (χ3n) is 1.72. The molecule has 5 heteroatoms. The van der Waals surface area contributed by atoms with Crippen LogP contribution in [0, 0.1) is 6.92 Å². The van der Waals surface area contributed by atoms with Crippen LogP contribution in [0.1, 0.15) is 5.56 Å². The summed E-state index contributed by atoms with van der Waals surface area (Å²) in [7, 11) is 2.90. The van der Waals surface area contributed by atoms with Crippen LogP contribution in [0.25, 0.3) is 0 Å². The Morgan fingerprint density at radius 3 is 2.08 bits per heavy atom. The predicted octanol–water partition coefficient (Wildman–Crippen LogP) is 1.91. The fourth-order valence-corrected chi connectivity index (χ4v) is 1.49. The van der Waals surface area contributed by atoms with Crippen molar-refractivity contribution in [3.05, 3.63) is 29.8 Å². The van der Waals surface area contributed by atoms with Crippen molar-refractivity contribution in [2.75, 3.05) is 11.4 Å². The van der Waals surface area contributed by atoms with Gasteiger partial charge in [0.1, 0.15) is 0 Å². The van der Waals surface area contributed by atoms with Gasteiger partial charge in [-0.25, -0.2) is 0 Å². The summed E-state index contributed by atoms with van der Waals surface area (Å²) in [5, 5.41) is 0. The van der Waals surface area contributed by atoms with Gasteiger partial charge < -0.3 is 0 Å². The van der Waals surface area contributed by atoms with Gasteiger partial charge in [-0.1, -0.05) is 17.7 Å². The number of rotatable bonds is 2. The minimum absolute atomic E-state index is 0.556. The molecule has 1 aromatic rings. The van der Waals surface area contributed by atoms with Crippen molar-refractivity contribution in [2.24, 2.45) is 0 Å². The van der Waals surface area contributed by atoms with Crippen molar-refractivity contribution in [1.82, 2.24) is 0 Å². The summed E-state index contributed by atoms with van der Waals surface area (Å²) in [5.74, 6) is 0. The number of benzene rings is 1. The standard InChI is InChI=1S/C8H10ClNO2S/c1-7-3-5-8(6-4-7)10(2)13(9,11)12/h3-6H,1-2H3. The lowest BCUT2D eigenvalue weighted by molar-refractivity contribution is 0.608. The van der Waals surface area contributed by atoms with E-state index < -0.39 is 9.24 Å². The minimum atomic E-state index is -3.66. The van der Waals surface area contributed by atoms with Crippen molar-refractivity contribution >= 4 is 25.6 Å². The van der Waals surface area contributed by atoms with Crippen molar-refractivity contribution in [3.63, 3.8) is 0 Å². The molecule has 3 nitrogen and oxygen atoms in total. The average molecular weight is 220 g/mol. The monoisotopic (exact) mass is 219 g/mol. The molecule has 0 fully saturated rings. The summed E-state index contributed by atoms with van der Waals surface area (Å²) in [5.41, 5.74) is 1.63. The number of halogens is 1. The van der Waals surface area contributed by atoms with E-state index in [1.165, 1.54) is 7.05 Å². The molecule has 13 heavy (non-hydrogen) atoms. The first-order valence-electron chi connectivity index (χ1n) is 3.66. The zero-order chi connectivity index (χ0) is 10.1. The number of nitrogens with zero attached hydrogens (tertiary/aromatic N) is 1. The van der Waals surface area contributed by atoms with Gasteiger partial charge in [-0.2, -0.15) is 8.42 Å². The van der Waals surface area contributed by atoms with Gasteiger partial charge in [-0.3, -0.25) is 4.31 Å². The Labute approximate surface area is 82.5 Å². The third kappa shape index (κ3) is 2.60. The van der Waals surface area contributed by atoms with Gasteiger partial charge >= 0.3 is 9.24 Å². The van der Waals surface area contributed by atoms with Crippen molar-refractivity contribution < 1.29 is 8.42 Å². The largest absolute Gasteiger partial charge is 0.321 e. The van der Waals surface area contributed by atoms with Gasteiger partial charge in [-0.15, -0.1) is 0 Å². The van der Waals surface area contributed by atoms with E-state index in [0.29, 0.717) is 5.69 Å². The summed E-state index contributed by atoms with van der Waals surface area (Å²) in [4.78, 5) is 0. The number of aryl methyl sites for hydroxylation is 1. The van der Waals surface area contributed by atoms with Crippen molar-refractivity contribution in [1.29, 1.82) is 0 Å². The van der Waals surface area contributed by atoms with Crippen LogP contribution in [-0.4, -0.2) is 15.5 Å². The summed E-state index contributed by atoms with van der Waals surface area (Å²) in [6.07, 6.45) is 0. The van der Waals surface area contributed by atoms with Crippen LogP contribution in [0.3, 0.4) is 0 Å². The molecule has 0 amide bonds. The number of hydrogen-bond donors (Lipinski definition) is 0. The predicted molar refractivity (Wildman–Crippen MR) is 54.4 cm³/mol. The van der Waals surface area contributed by atoms with Crippen LogP contribution in [0.2, 0.25) is 0 Å². The SMILES string of the molecule is Cc1ccc(N(C)S(=O)(=O)Cl)cc1. The molecule has 0 heterocycles. The Balaban J connectivity index is 3.04. The Hall–Kier alpha value is -0.740. The molecule has 0 saturated carbocycles. The van der Waals surface area contributed by atoms with Gasteiger partial charge in [-0.05, 0) is 19.1 Å². The van der Waals surface area contributed by atoms with E-state index in [2.05, 4.69) is 0 Å². The van der Waals surface area contributed by atoms with Crippen LogP contribution in [0.5, 0.6) is 0 Å². The molecule has 0 spiro atoms. The zero-order valence-corrected chi connectivity index (χ0v) is 8.93. The zero-order valence-electron chi connectivity index (χ0n) is 7.36. The van der Waals surface area contributed by atoms with E-state index in [1.54, 1.807) is 12.1 Å². The van der Waals surface area contributed by atoms with Crippen LogP contribution in [-0.2, 0) is 9.24 Å². The summed E-state index contributed by atoms with van der Waals surface area (Å²) in [6.45, 7) is 1.93. The molecule has 0 N–H and O–H groups in total. The topological polar surface area (TPSA) is 37.4 Å². The molecular weight excluding hydrogens is 210 g/mol. The second-order valence-electron chi connectivity index (χ2n) is 2.75. The molecule has 0 bridgehead atoms. The second kappa shape index (κ2) is 3.55. The molecule has 0 aliphatic heterocycles. The molecule has 0 saturated heterocycles. The van der Waals surface area contributed by atoms with E-state index in [1.807, 2.05) is 19.1 Å². The Morgan fingerprint density at radius 2 is 1.69 bits per heavy atom. The van der Waals surface area contributed by atoms with Gasteiger partial charge in [0.15, 0.2) is 0 Å². The summed E-state index contributed by atoms with van der Waals surface area (Å²) in [6, 6.07) is 7.06. The fourth-order valence-electron chi connectivity index (χ4n) is 0.881. The molecule has 0 aliphatic rings. The highest BCUT2D eigenvalue weighted by atomic mass is 35.7. The lowest BCUT2D eigenvalue weighted by Crippen LogP contribution is -2.20. The molecule has 72 valence electrons. The molecule has 1 aromatic carbocycles. The third-order valence-corrected chi connectivity index (χ3v) is 3.21. The van der Waals surface area contributed by atoms with Crippen LogP contribution in [0.4, 0.5) is 5.69 Å². The minimum Gasteiger partial charge on any atom is -0.261 e. The second-order valence-corrected chi connectivity index (χ2v) is 5.29. The maximum Gasteiger partial charge on any atom is 0.321 e. The Kier molecular flexibility index (Phi) is 2.83. The maximum absolute atomic E-state index is 10.9. The first-order chi connectivity index (χ1) is 5.91. The molecule has 0 aromatic heterocycles. The van der Waals surface area contributed by atoms with Gasteiger partial charge in [0.05, 0.1) is 5.69 Å². The van der Waals surface area contributed by atoms with E-state index in [0.717, 1.165) is 9.87 Å². The average Bonchev–Trinajstić information content (AvgIpc) is 2.03. The highest BCUT2D eigenvalue weighted by molar-refractivity contribution is 8.14. The molecule has 0 unspecified atom stereocenters. The summed E-state index contributed by atoms with van der Waals surface area (Å²) < 4.78 is 22.8. The van der Waals surface area contributed by atoms with Crippen molar-refractivity contribution in [3.8, 4) is 0 Å². The molecule has 0 atom stereocenters. The first-order valence-corrected chi connectivity index (χ1v) is 5.93. The highest BCUT2D eigenvalue weighted by Crippen LogP contribution is 2.18. The maximum atomic E-state index is 10.9. The van der Waals surface area contributed by atoms with Crippen LogP contribution >= 0.6 is 10.7 Å². The van der Waals surface area contributed by atoms with E-state index in [4.69, 9.17) is 10.7 Å². The Morgan fingerprint density at radius 1 is 1.23 bits per heavy atom. The van der Waals surface area contributed by atoms with Crippen molar-refractivity contribution in [2.45, 2.75) is 6.92 Å². The number of anilines is 1. The summed E-state index contributed by atoms with van der Waals surface area (Å²) >= 11 is 0. The molecule has 1 rings (SSSR count). The van der Waals surface area contributed by atoms with E-state index in [9.17, 15) is 8.42 Å². The molecule has 0 aliphatic carbocycles. The van der Waals surface area contributed by atoms with Crippen LogP contribution < -0.4 is 4.31 Å². The Bertz CT molecular complexity index is 385. The van der Waals surface area contributed by atoms with E-state index >= 15 is 0 Å². The quantitative estimate of drug-likeness (QED) is 0.713. The highest BCUT2D eigenvalue weighted by Gasteiger charge is 2.13. The normalized spacial score (nSPS) is 11.3. The smallest absolute Gasteiger partial charge is 0.261 e. The molecular formula is C8H10ClNO2S. The van der Waals surface area contributed by atoms with Gasteiger partial charge in [0.2, 0.25) is 0 Å². The van der Waals surface area contributed by atoms with Gasteiger partial charge in [0, 0.05) is 17.7 Å². The lowest BCUT2D eigenvalue weighted by atomic mass is 10.2.